The van der Waals surface area contributed by atoms with Crippen LogP contribution in [0.25, 0.3) is 0 Å². The van der Waals surface area contributed by atoms with Crippen LogP contribution < -0.4 is 0 Å². The van der Waals surface area contributed by atoms with Gasteiger partial charge in [-0.2, -0.15) is 11.8 Å². The fourth-order valence-corrected chi connectivity index (χ4v) is 3.53. The van der Waals surface area contributed by atoms with Gasteiger partial charge in [-0.25, -0.2) is 0 Å². The topological polar surface area (TPSA) is 57.5 Å². The first-order chi connectivity index (χ1) is 8.18. The summed E-state index contributed by atoms with van der Waals surface area (Å²) in [7, 11) is 0. The van der Waals surface area contributed by atoms with Gasteiger partial charge in [0, 0.05) is 0 Å². The Morgan fingerprint density at radius 1 is 1.35 bits per heavy atom. The Morgan fingerprint density at radius 3 is 2.59 bits per heavy atom. The average Bonchev–Trinajstić information content (AvgIpc) is 2.33. The van der Waals surface area contributed by atoms with Gasteiger partial charge in [-0.15, -0.1) is 0 Å². The maximum Gasteiger partial charge on any atom is 0.311 e. The Morgan fingerprint density at radius 2 is 2.06 bits per heavy atom. The number of hydrogen-bond donors (Lipinski definition) is 2. The van der Waals surface area contributed by atoms with Crippen LogP contribution in [0.3, 0.4) is 0 Å². The minimum Gasteiger partial charge on any atom is -0.508 e. The van der Waals surface area contributed by atoms with Crippen LogP contribution in [-0.4, -0.2) is 27.7 Å². The molecule has 1 aromatic carbocycles. The van der Waals surface area contributed by atoms with Crippen molar-refractivity contribution in [2.24, 2.45) is 5.92 Å². The molecule has 1 aliphatic rings. The highest BCUT2D eigenvalue weighted by Gasteiger charge is 2.30. The van der Waals surface area contributed by atoms with Gasteiger partial charge in [0.2, 0.25) is 0 Å². The molecule has 1 heterocycles. The van der Waals surface area contributed by atoms with Crippen molar-refractivity contribution in [3.8, 4) is 5.75 Å². The van der Waals surface area contributed by atoms with E-state index < -0.39 is 11.9 Å². The molecule has 0 amide bonds. The van der Waals surface area contributed by atoms with Crippen molar-refractivity contribution in [1.82, 2.24) is 0 Å². The average molecular weight is 252 g/mol. The molecule has 0 aromatic heterocycles. The summed E-state index contributed by atoms with van der Waals surface area (Å²) in [4.78, 5) is 11.4. The highest BCUT2D eigenvalue weighted by atomic mass is 32.2. The first-order valence-electron chi connectivity index (χ1n) is 5.78. The van der Waals surface area contributed by atoms with Gasteiger partial charge in [-0.3, -0.25) is 4.79 Å². The fraction of sp³-hybridized carbons (Fsp3) is 0.462. The molecule has 2 atom stereocenters. The molecule has 0 saturated carbocycles. The molecule has 0 aliphatic carbocycles. The molecule has 1 aromatic rings. The summed E-state index contributed by atoms with van der Waals surface area (Å²) in [5, 5.41) is 18.6. The van der Waals surface area contributed by atoms with Gasteiger partial charge in [0.05, 0.1) is 5.92 Å². The first-order valence-corrected chi connectivity index (χ1v) is 6.93. The van der Waals surface area contributed by atoms with Gasteiger partial charge in [-0.1, -0.05) is 12.1 Å². The molecule has 17 heavy (non-hydrogen) atoms. The Kier molecular flexibility index (Phi) is 3.94. The van der Waals surface area contributed by atoms with Crippen molar-refractivity contribution < 1.29 is 15.0 Å². The maximum absolute atomic E-state index is 11.4. The number of benzene rings is 1. The van der Waals surface area contributed by atoms with E-state index in [9.17, 15) is 15.0 Å². The van der Waals surface area contributed by atoms with Crippen molar-refractivity contribution >= 4 is 17.7 Å². The number of aliphatic carboxylic acids is 1. The molecule has 2 unspecified atom stereocenters. The molecule has 1 saturated heterocycles. The van der Waals surface area contributed by atoms with Crippen LogP contribution in [0.4, 0.5) is 0 Å². The van der Waals surface area contributed by atoms with Crippen molar-refractivity contribution in [3.05, 3.63) is 29.8 Å². The first kappa shape index (κ1) is 12.3. The summed E-state index contributed by atoms with van der Waals surface area (Å²) in [6.07, 6.45) is 2.07. The van der Waals surface area contributed by atoms with E-state index in [1.54, 1.807) is 24.3 Å². The number of thioether (sulfide) groups is 1. The minimum atomic E-state index is -0.761. The second-order valence-corrected chi connectivity index (χ2v) is 5.53. The van der Waals surface area contributed by atoms with Crippen LogP contribution >= 0.6 is 11.8 Å². The molecule has 1 fully saturated rings. The molecule has 0 bridgehead atoms. The zero-order valence-electron chi connectivity index (χ0n) is 9.50. The van der Waals surface area contributed by atoms with Gasteiger partial charge in [0.15, 0.2) is 0 Å². The quantitative estimate of drug-likeness (QED) is 0.868. The maximum atomic E-state index is 11.4. The molecule has 2 rings (SSSR count). The molecular weight excluding hydrogens is 236 g/mol. The van der Waals surface area contributed by atoms with E-state index in [0.29, 0.717) is 0 Å². The lowest BCUT2D eigenvalue weighted by Gasteiger charge is -2.27. The van der Waals surface area contributed by atoms with E-state index in [-0.39, 0.29) is 11.7 Å². The number of carbonyl (C=O) groups is 1. The lowest BCUT2D eigenvalue weighted by atomic mass is 9.84. The normalized spacial score (nSPS) is 22.0. The van der Waals surface area contributed by atoms with Gasteiger partial charge < -0.3 is 10.2 Å². The van der Waals surface area contributed by atoms with Crippen LogP contribution in [0.5, 0.6) is 5.75 Å². The van der Waals surface area contributed by atoms with E-state index in [4.69, 9.17) is 0 Å². The minimum absolute atomic E-state index is 0.177. The van der Waals surface area contributed by atoms with Gasteiger partial charge in [-0.05, 0) is 48.0 Å². The van der Waals surface area contributed by atoms with E-state index in [1.807, 2.05) is 11.8 Å². The number of phenolic OH excluding ortho intramolecular Hbond substituents is 1. The van der Waals surface area contributed by atoms with Crippen molar-refractivity contribution in [2.45, 2.75) is 18.8 Å². The van der Waals surface area contributed by atoms with Gasteiger partial charge >= 0.3 is 5.97 Å². The zero-order valence-corrected chi connectivity index (χ0v) is 10.3. The molecule has 4 heteroatoms. The van der Waals surface area contributed by atoms with Gasteiger partial charge in [0.1, 0.15) is 5.75 Å². The summed E-state index contributed by atoms with van der Waals surface area (Å²) in [6.45, 7) is 0. The summed E-state index contributed by atoms with van der Waals surface area (Å²) >= 11 is 1.83. The van der Waals surface area contributed by atoms with Crippen molar-refractivity contribution in [2.75, 3.05) is 11.5 Å². The van der Waals surface area contributed by atoms with Crippen LogP contribution in [0, 0.1) is 5.92 Å². The summed E-state index contributed by atoms with van der Waals surface area (Å²) in [5.74, 6) is 1.23. The predicted molar refractivity (Wildman–Crippen MR) is 68.5 cm³/mol. The highest BCUT2D eigenvalue weighted by Crippen LogP contribution is 2.35. The standard InChI is InChI=1S/C13H16O3S/c14-11-5-3-9(4-6-11)12(13(15)16)10-2-1-7-17-8-10/h3-6,10,12,14H,1-2,7-8H2,(H,15,16). The molecule has 92 valence electrons. The van der Waals surface area contributed by atoms with Crippen LogP contribution in [0.2, 0.25) is 0 Å². The fourth-order valence-electron chi connectivity index (χ4n) is 2.33. The second-order valence-electron chi connectivity index (χ2n) is 4.38. The molecular formula is C13H16O3S. The third kappa shape index (κ3) is 2.94. The van der Waals surface area contributed by atoms with Gasteiger partial charge in [0.25, 0.3) is 0 Å². The summed E-state index contributed by atoms with van der Waals surface area (Å²) in [5.41, 5.74) is 0.794. The van der Waals surface area contributed by atoms with Crippen molar-refractivity contribution in [3.63, 3.8) is 0 Å². The number of carboxylic acid groups (broad SMARTS) is 1. The Balaban J connectivity index is 2.21. The Labute approximate surface area is 105 Å². The third-order valence-electron chi connectivity index (χ3n) is 3.19. The Bertz CT molecular complexity index is 382. The molecule has 0 radical (unpaired) electrons. The molecule has 2 N–H and O–H groups in total. The van der Waals surface area contributed by atoms with E-state index >= 15 is 0 Å². The van der Waals surface area contributed by atoms with E-state index in [0.717, 1.165) is 29.9 Å². The number of hydrogen-bond acceptors (Lipinski definition) is 3. The monoisotopic (exact) mass is 252 g/mol. The van der Waals surface area contributed by atoms with E-state index in [2.05, 4.69) is 0 Å². The molecule has 3 nitrogen and oxygen atoms in total. The second kappa shape index (κ2) is 5.45. The number of carboxylic acids is 1. The largest absolute Gasteiger partial charge is 0.508 e. The number of phenols is 1. The van der Waals surface area contributed by atoms with Crippen LogP contribution in [-0.2, 0) is 4.79 Å². The number of aromatic hydroxyl groups is 1. The predicted octanol–water partition coefficient (Wildman–Crippen LogP) is 2.70. The smallest absolute Gasteiger partial charge is 0.311 e. The lowest BCUT2D eigenvalue weighted by molar-refractivity contribution is -0.140. The van der Waals surface area contributed by atoms with Crippen molar-refractivity contribution in [1.29, 1.82) is 0 Å². The van der Waals surface area contributed by atoms with Crippen LogP contribution in [0.15, 0.2) is 24.3 Å². The third-order valence-corrected chi connectivity index (χ3v) is 4.43. The highest BCUT2D eigenvalue weighted by molar-refractivity contribution is 7.99. The van der Waals surface area contributed by atoms with Crippen LogP contribution in [0.1, 0.15) is 24.3 Å². The molecule has 0 spiro atoms. The number of rotatable bonds is 3. The SMILES string of the molecule is O=C(O)C(c1ccc(O)cc1)C1CCCSC1. The lowest BCUT2D eigenvalue weighted by Crippen LogP contribution is -2.25. The summed E-state index contributed by atoms with van der Waals surface area (Å²) in [6, 6.07) is 6.54. The van der Waals surface area contributed by atoms with E-state index in [1.165, 1.54) is 0 Å². The molecule has 1 aliphatic heterocycles. The summed E-state index contributed by atoms with van der Waals surface area (Å²) < 4.78 is 0. The Hall–Kier alpha value is -1.16. The zero-order chi connectivity index (χ0) is 12.3.